The van der Waals surface area contributed by atoms with Gasteiger partial charge in [-0.25, -0.2) is 22.5 Å². The maximum Gasteiger partial charge on any atom is 0.274 e. The lowest BCUT2D eigenvalue weighted by Crippen LogP contribution is -2.32. The summed E-state index contributed by atoms with van der Waals surface area (Å²) in [4.78, 5) is 16.5. The van der Waals surface area contributed by atoms with Crippen molar-refractivity contribution >= 4 is 11.6 Å². The van der Waals surface area contributed by atoms with Crippen LogP contribution in [0, 0.1) is 17.5 Å². The molecule has 1 amide bonds. The zero-order valence-corrected chi connectivity index (χ0v) is 17.7. The SMILES string of the molecule is N[C@@H]1CC[C@@H](Cc2[nH]ncc2NC(=O)c2ccc(F)c(-c3c(F)cc(O)cc3F)n2)OC[C@H]1F. The first-order valence-electron chi connectivity index (χ1n) is 10.4. The molecular weight excluding hydrogens is 458 g/mol. The third-order valence-electron chi connectivity index (χ3n) is 5.52. The van der Waals surface area contributed by atoms with Crippen molar-refractivity contribution in [2.45, 2.75) is 37.6 Å². The van der Waals surface area contributed by atoms with Gasteiger partial charge < -0.3 is 20.9 Å². The Morgan fingerprint density at radius 3 is 2.68 bits per heavy atom. The number of phenols is 1. The Morgan fingerprint density at radius 2 is 1.94 bits per heavy atom. The molecule has 3 atom stereocenters. The molecule has 1 saturated heterocycles. The van der Waals surface area contributed by atoms with Crippen molar-refractivity contribution in [2.75, 3.05) is 11.9 Å². The number of nitrogens with one attached hydrogen (secondary N) is 2. The number of hydrogen-bond acceptors (Lipinski definition) is 6. The second kappa shape index (κ2) is 9.77. The molecule has 180 valence electrons. The number of rotatable bonds is 5. The highest BCUT2D eigenvalue weighted by molar-refractivity contribution is 6.03. The maximum absolute atomic E-state index is 14.3. The molecule has 5 N–H and O–H groups in total. The normalized spacial score (nSPS) is 20.7. The molecule has 2 aromatic heterocycles. The minimum atomic E-state index is -1.26. The fourth-order valence-electron chi connectivity index (χ4n) is 3.68. The van der Waals surface area contributed by atoms with E-state index in [2.05, 4.69) is 20.5 Å². The molecule has 1 aliphatic heterocycles. The quantitative estimate of drug-likeness (QED) is 0.417. The number of nitrogens with two attached hydrogens (primary N) is 1. The van der Waals surface area contributed by atoms with Crippen LogP contribution in [-0.4, -0.2) is 51.1 Å². The highest BCUT2D eigenvalue weighted by atomic mass is 19.1. The number of aromatic amines is 1. The predicted octanol–water partition coefficient (Wildman–Crippen LogP) is 3.23. The minimum absolute atomic E-state index is 0.131. The fourth-order valence-corrected chi connectivity index (χ4v) is 3.68. The van der Waals surface area contributed by atoms with Crippen LogP contribution in [0.2, 0.25) is 0 Å². The van der Waals surface area contributed by atoms with Gasteiger partial charge in [-0.2, -0.15) is 5.10 Å². The molecule has 34 heavy (non-hydrogen) atoms. The summed E-state index contributed by atoms with van der Waals surface area (Å²) in [6.45, 7) is -0.131. The lowest BCUT2D eigenvalue weighted by Gasteiger charge is -2.15. The molecule has 1 aliphatic rings. The summed E-state index contributed by atoms with van der Waals surface area (Å²) in [5.74, 6) is -4.99. The van der Waals surface area contributed by atoms with E-state index in [0.29, 0.717) is 37.1 Å². The van der Waals surface area contributed by atoms with Crippen LogP contribution in [0.15, 0.2) is 30.5 Å². The lowest BCUT2D eigenvalue weighted by atomic mass is 10.0. The summed E-state index contributed by atoms with van der Waals surface area (Å²) in [6, 6.07) is 2.53. The van der Waals surface area contributed by atoms with Gasteiger partial charge in [-0.15, -0.1) is 0 Å². The standard InChI is InChI=1S/C22H21F4N5O3/c23-12-2-4-17(29-21(12)20-13(24)5-10(32)6-14(20)25)22(33)30-19-8-28-31-18(19)7-11-1-3-16(27)15(26)9-34-11/h2,4-6,8,11,15-16,32H,1,3,7,9,27H2,(H,28,31)(H,30,33)/t11-,15+,16+/m0/s1. The number of benzene rings is 1. The van der Waals surface area contributed by atoms with E-state index in [-0.39, 0.29) is 24.1 Å². The summed E-state index contributed by atoms with van der Waals surface area (Å²) in [5.41, 5.74) is 4.68. The van der Waals surface area contributed by atoms with Gasteiger partial charge >= 0.3 is 0 Å². The summed E-state index contributed by atoms with van der Waals surface area (Å²) in [5, 5.41) is 18.5. The first-order chi connectivity index (χ1) is 16.2. The molecule has 0 saturated carbocycles. The van der Waals surface area contributed by atoms with E-state index in [1.165, 1.54) is 6.20 Å². The van der Waals surface area contributed by atoms with Crippen molar-refractivity contribution in [1.82, 2.24) is 15.2 Å². The third-order valence-corrected chi connectivity index (χ3v) is 5.52. The van der Waals surface area contributed by atoms with Gasteiger partial charge in [0.25, 0.3) is 5.91 Å². The van der Waals surface area contributed by atoms with Crippen LogP contribution >= 0.6 is 0 Å². The average Bonchev–Trinajstić information content (AvgIpc) is 3.14. The van der Waals surface area contributed by atoms with E-state index < -0.39 is 52.6 Å². The van der Waals surface area contributed by atoms with Gasteiger partial charge in [-0.05, 0) is 25.0 Å². The van der Waals surface area contributed by atoms with Crippen molar-refractivity contribution in [2.24, 2.45) is 5.73 Å². The minimum Gasteiger partial charge on any atom is -0.508 e. The number of ether oxygens (including phenoxy) is 1. The number of hydrogen-bond donors (Lipinski definition) is 4. The zero-order chi connectivity index (χ0) is 24.4. The van der Waals surface area contributed by atoms with Gasteiger partial charge in [0.05, 0.1) is 35.9 Å². The van der Waals surface area contributed by atoms with Gasteiger partial charge in [-0.1, -0.05) is 0 Å². The molecule has 0 bridgehead atoms. The molecule has 3 heterocycles. The molecule has 3 aromatic rings. The summed E-state index contributed by atoms with van der Waals surface area (Å²) < 4.78 is 62.0. The maximum atomic E-state index is 14.3. The monoisotopic (exact) mass is 479 g/mol. The molecule has 0 aliphatic carbocycles. The Bertz CT molecular complexity index is 1170. The number of halogens is 4. The Hall–Kier alpha value is -3.51. The Kier molecular flexibility index (Phi) is 6.80. The first-order valence-corrected chi connectivity index (χ1v) is 10.4. The van der Waals surface area contributed by atoms with Crippen molar-refractivity contribution in [3.05, 3.63) is 59.3 Å². The number of anilines is 1. The molecular formula is C22H21F4N5O3. The van der Waals surface area contributed by atoms with E-state index in [0.717, 1.165) is 12.1 Å². The summed E-state index contributed by atoms with van der Waals surface area (Å²) >= 11 is 0. The molecule has 4 rings (SSSR count). The fraction of sp³-hybridized carbons (Fsp3) is 0.318. The van der Waals surface area contributed by atoms with Crippen LogP contribution in [0.4, 0.5) is 23.2 Å². The number of aromatic nitrogens is 3. The van der Waals surface area contributed by atoms with Crippen molar-refractivity contribution in [1.29, 1.82) is 0 Å². The van der Waals surface area contributed by atoms with Crippen molar-refractivity contribution < 1.29 is 32.2 Å². The Balaban J connectivity index is 1.53. The number of phenolic OH excluding ortho intramolecular Hbond substituents is 1. The van der Waals surface area contributed by atoms with E-state index in [1.54, 1.807) is 0 Å². The number of aromatic hydroxyl groups is 1. The van der Waals surface area contributed by atoms with E-state index in [9.17, 15) is 27.5 Å². The van der Waals surface area contributed by atoms with E-state index in [1.807, 2.05) is 0 Å². The second-order valence-corrected chi connectivity index (χ2v) is 7.94. The second-order valence-electron chi connectivity index (χ2n) is 7.94. The highest BCUT2D eigenvalue weighted by Gasteiger charge is 2.27. The van der Waals surface area contributed by atoms with Crippen molar-refractivity contribution in [3.63, 3.8) is 0 Å². The van der Waals surface area contributed by atoms with Gasteiger partial charge in [0.1, 0.15) is 40.8 Å². The van der Waals surface area contributed by atoms with E-state index >= 15 is 0 Å². The molecule has 12 heteroatoms. The first kappa shape index (κ1) is 23.6. The topological polar surface area (TPSA) is 126 Å². The van der Waals surface area contributed by atoms with Crippen LogP contribution < -0.4 is 11.1 Å². The number of carbonyl (C=O) groups is 1. The van der Waals surface area contributed by atoms with Crippen LogP contribution in [0.3, 0.4) is 0 Å². The number of nitrogens with zero attached hydrogens (tertiary/aromatic N) is 2. The lowest BCUT2D eigenvalue weighted by molar-refractivity contribution is 0.0295. The molecule has 0 unspecified atom stereocenters. The number of alkyl halides is 1. The average molecular weight is 479 g/mol. The Labute approximate surface area is 191 Å². The van der Waals surface area contributed by atoms with Gasteiger partial charge in [-0.3, -0.25) is 9.89 Å². The molecule has 8 nitrogen and oxygen atoms in total. The number of H-pyrrole nitrogens is 1. The van der Waals surface area contributed by atoms with Crippen LogP contribution in [-0.2, 0) is 11.2 Å². The molecule has 1 fully saturated rings. The Morgan fingerprint density at radius 1 is 1.21 bits per heavy atom. The van der Waals surface area contributed by atoms with Gasteiger partial charge in [0.15, 0.2) is 0 Å². The third kappa shape index (κ3) is 5.02. The number of pyridine rings is 1. The zero-order valence-electron chi connectivity index (χ0n) is 17.7. The van der Waals surface area contributed by atoms with Crippen LogP contribution in [0.25, 0.3) is 11.3 Å². The molecule has 1 aromatic carbocycles. The molecule has 0 spiro atoms. The molecule has 0 radical (unpaired) electrons. The predicted molar refractivity (Wildman–Crippen MR) is 113 cm³/mol. The van der Waals surface area contributed by atoms with Crippen LogP contribution in [0.5, 0.6) is 5.75 Å². The van der Waals surface area contributed by atoms with Gasteiger partial charge in [0.2, 0.25) is 0 Å². The van der Waals surface area contributed by atoms with E-state index in [4.69, 9.17) is 10.5 Å². The summed E-state index contributed by atoms with van der Waals surface area (Å²) in [6.07, 6.45) is 0.986. The van der Waals surface area contributed by atoms with Crippen LogP contribution in [0.1, 0.15) is 29.0 Å². The largest absolute Gasteiger partial charge is 0.508 e. The number of amides is 1. The van der Waals surface area contributed by atoms with Gasteiger partial charge in [0, 0.05) is 24.6 Å². The smallest absolute Gasteiger partial charge is 0.274 e. The van der Waals surface area contributed by atoms with Crippen molar-refractivity contribution in [3.8, 4) is 17.0 Å². The number of carbonyl (C=O) groups excluding carboxylic acids is 1. The summed E-state index contributed by atoms with van der Waals surface area (Å²) in [7, 11) is 0. The highest BCUT2D eigenvalue weighted by Crippen LogP contribution is 2.30.